The Labute approximate surface area is 121 Å². The fraction of sp³-hybridized carbons (Fsp3) is 0.143. The molecule has 0 saturated heterocycles. The van der Waals surface area contributed by atoms with E-state index in [2.05, 4.69) is 15.5 Å². The molecule has 0 bridgehead atoms. The van der Waals surface area contributed by atoms with Crippen molar-refractivity contribution in [2.75, 3.05) is 0 Å². The largest absolute Gasteiger partial charge is 0.270 e. The van der Waals surface area contributed by atoms with Gasteiger partial charge >= 0.3 is 0 Å². The number of hydrazine groups is 1. The van der Waals surface area contributed by atoms with Crippen molar-refractivity contribution in [1.29, 1.82) is 0 Å². The summed E-state index contributed by atoms with van der Waals surface area (Å²) in [5.74, 6) is 5.74. The Morgan fingerprint density at radius 1 is 1.25 bits per heavy atom. The van der Waals surface area contributed by atoms with Crippen molar-refractivity contribution in [3.8, 4) is 5.69 Å². The maximum atomic E-state index is 5.74. The van der Waals surface area contributed by atoms with Crippen molar-refractivity contribution < 1.29 is 0 Å². The van der Waals surface area contributed by atoms with E-state index in [1.807, 2.05) is 54.2 Å². The molecule has 0 aliphatic rings. The topological polar surface area (TPSA) is 68.8 Å². The van der Waals surface area contributed by atoms with Gasteiger partial charge in [0.05, 0.1) is 22.4 Å². The van der Waals surface area contributed by atoms with Gasteiger partial charge in [-0.2, -0.15) is 5.10 Å². The van der Waals surface area contributed by atoms with Crippen molar-refractivity contribution in [3.63, 3.8) is 0 Å². The average molecular weight is 285 g/mol. The number of hydrogen-bond donors (Lipinski definition) is 2. The Morgan fingerprint density at radius 2 is 2.05 bits per heavy atom. The van der Waals surface area contributed by atoms with Crippen molar-refractivity contribution in [2.45, 2.75) is 13.0 Å². The van der Waals surface area contributed by atoms with Crippen LogP contribution in [-0.2, 0) is 0 Å². The Bertz CT molecular complexity index is 688. The van der Waals surface area contributed by atoms with Crippen LogP contribution in [0.2, 0.25) is 0 Å². The molecule has 1 aromatic carbocycles. The van der Waals surface area contributed by atoms with Crippen molar-refractivity contribution in [3.05, 3.63) is 64.4 Å². The van der Waals surface area contributed by atoms with Gasteiger partial charge in [-0.05, 0) is 25.1 Å². The van der Waals surface area contributed by atoms with E-state index in [1.165, 1.54) is 0 Å². The van der Waals surface area contributed by atoms with Crippen molar-refractivity contribution >= 4 is 11.3 Å². The predicted molar refractivity (Wildman–Crippen MR) is 79.6 cm³/mol. The molecule has 0 amide bonds. The van der Waals surface area contributed by atoms with Gasteiger partial charge in [-0.25, -0.2) is 15.1 Å². The Balaban J connectivity index is 2.04. The van der Waals surface area contributed by atoms with Gasteiger partial charge in [0.1, 0.15) is 0 Å². The van der Waals surface area contributed by atoms with E-state index >= 15 is 0 Å². The fourth-order valence-electron chi connectivity index (χ4n) is 2.14. The molecule has 102 valence electrons. The highest BCUT2D eigenvalue weighted by atomic mass is 32.1. The summed E-state index contributed by atoms with van der Waals surface area (Å²) in [5.41, 5.74) is 4.85. The zero-order valence-electron chi connectivity index (χ0n) is 11.0. The first-order valence-corrected chi connectivity index (χ1v) is 7.09. The smallest absolute Gasteiger partial charge is 0.0990 e. The van der Waals surface area contributed by atoms with Gasteiger partial charge < -0.3 is 0 Å². The zero-order chi connectivity index (χ0) is 13.9. The lowest BCUT2D eigenvalue weighted by Crippen LogP contribution is -2.30. The molecule has 0 aliphatic heterocycles. The van der Waals surface area contributed by atoms with E-state index < -0.39 is 0 Å². The third-order valence-corrected chi connectivity index (χ3v) is 4.04. The third kappa shape index (κ3) is 2.36. The molecule has 3 aromatic rings. The first-order chi connectivity index (χ1) is 9.79. The summed E-state index contributed by atoms with van der Waals surface area (Å²) in [6.07, 6.45) is 3.63. The average Bonchev–Trinajstić information content (AvgIpc) is 3.11. The SMILES string of the molecule is Cc1ncc(C(NN)c2ccnn2-c2ccccc2)s1. The number of para-hydroxylation sites is 1. The van der Waals surface area contributed by atoms with Crippen LogP contribution in [0.25, 0.3) is 5.69 Å². The highest BCUT2D eigenvalue weighted by molar-refractivity contribution is 7.11. The number of hydrogen-bond acceptors (Lipinski definition) is 5. The molecule has 0 radical (unpaired) electrons. The van der Waals surface area contributed by atoms with Gasteiger partial charge in [-0.15, -0.1) is 11.3 Å². The number of rotatable bonds is 4. The van der Waals surface area contributed by atoms with Crippen molar-refractivity contribution in [2.24, 2.45) is 5.84 Å². The molecule has 0 fully saturated rings. The second-order valence-corrected chi connectivity index (χ2v) is 5.65. The molecular formula is C14H15N5S. The molecular weight excluding hydrogens is 270 g/mol. The highest BCUT2D eigenvalue weighted by Gasteiger charge is 2.19. The van der Waals surface area contributed by atoms with E-state index in [9.17, 15) is 0 Å². The number of nitrogens with zero attached hydrogens (tertiary/aromatic N) is 3. The molecule has 0 saturated carbocycles. The lowest BCUT2D eigenvalue weighted by Gasteiger charge is -2.16. The Kier molecular flexibility index (Phi) is 3.60. The standard InChI is InChI=1S/C14H15N5S/c1-10-16-9-13(20-10)14(18-15)12-7-8-17-19(12)11-5-3-2-4-6-11/h2-9,14,18H,15H2,1H3. The number of thiazole rings is 1. The van der Waals surface area contributed by atoms with E-state index in [0.29, 0.717) is 0 Å². The van der Waals surface area contributed by atoms with Crippen LogP contribution in [0.3, 0.4) is 0 Å². The molecule has 2 aromatic heterocycles. The lowest BCUT2D eigenvalue weighted by molar-refractivity contribution is 0.604. The highest BCUT2D eigenvalue weighted by Crippen LogP contribution is 2.27. The Morgan fingerprint density at radius 3 is 2.70 bits per heavy atom. The molecule has 5 nitrogen and oxygen atoms in total. The van der Waals surface area contributed by atoms with E-state index in [-0.39, 0.29) is 6.04 Å². The maximum Gasteiger partial charge on any atom is 0.0990 e. The van der Waals surface area contributed by atoms with Gasteiger partial charge in [-0.3, -0.25) is 5.84 Å². The van der Waals surface area contributed by atoms with Crippen LogP contribution >= 0.6 is 11.3 Å². The lowest BCUT2D eigenvalue weighted by atomic mass is 10.2. The monoisotopic (exact) mass is 285 g/mol. The second-order valence-electron chi connectivity index (χ2n) is 4.38. The van der Waals surface area contributed by atoms with Gasteiger partial charge in [0, 0.05) is 17.3 Å². The van der Waals surface area contributed by atoms with Crippen molar-refractivity contribution in [1.82, 2.24) is 20.2 Å². The molecule has 1 unspecified atom stereocenters. The number of aryl methyl sites for hydroxylation is 1. The first-order valence-electron chi connectivity index (χ1n) is 6.27. The normalized spacial score (nSPS) is 12.5. The molecule has 20 heavy (non-hydrogen) atoms. The van der Waals surface area contributed by atoms with Crippen LogP contribution in [0.15, 0.2) is 48.8 Å². The number of nitrogens with two attached hydrogens (primary N) is 1. The van der Waals surface area contributed by atoms with Gasteiger partial charge in [-0.1, -0.05) is 18.2 Å². The van der Waals surface area contributed by atoms with Crippen LogP contribution in [-0.4, -0.2) is 14.8 Å². The number of benzene rings is 1. The quantitative estimate of drug-likeness (QED) is 0.569. The predicted octanol–water partition coefficient (Wildman–Crippen LogP) is 2.19. The summed E-state index contributed by atoms with van der Waals surface area (Å²) in [6, 6.07) is 11.8. The molecule has 3 rings (SSSR count). The third-order valence-electron chi connectivity index (χ3n) is 3.06. The number of nitrogens with one attached hydrogen (secondary N) is 1. The molecule has 6 heteroatoms. The van der Waals surface area contributed by atoms with Crippen LogP contribution < -0.4 is 11.3 Å². The van der Waals surface area contributed by atoms with Crippen LogP contribution in [0.4, 0.5) is 0 Å². The minimum atomic E-state index is -0.121. The van der Waals surface area contributed by atoms with E-state index in [0.717, 1.165) is 21.3 Å². The molecule has 2 heterocycles. The van der Waals surface area contributed by atoms with Crippen LogP contribution in [0, 0.1) is 6.92 Å². The zero-order valence-corrected chi connectivity index (χ0v) is 11.8. The van der Waals surface area contributed by atoms with Gasteiger partial charge in [0.15, 0.2) is 0 Å². The van der Waals surface area contributed by atoms with Crippen LogP contribution in [0.1, 0.15) is 21.6 Å². The maximum absolute atomic E-state index is 5.74. The molecule has 3 N–H and O–H groups in total. The summed E-state index contributed by atoms with van der Waals surface area (Å²) in [4.78, 5) is 5.36. The minimum Gasteiger partial charge on any atom is -0.270 e. The van der Waals surface area contributed by atoms with Gasteiger partial charge in [0.25, 0.3) is 0 Å². The summed E-state index contributed by atoms with van der Waals surface area (Å²) >= 11 is 1.63. The summed E-state index contributed by atoms with van der Waals surface area (Å²) in [6.45, 7) is 1.98. The summed E-state index contributed by atoms with van der Waals surface area (Å²) < 4.78 is 1.89. The molecule has 0 spiro atoms. The number of aromatic nitrogens is 3. The molecule has 0 aliphatic carbocycles. The Hall–Kier alpha value is -2.02. The minimum absolute atomic E-state index is 0.121. The second kappa shape index (κ2) is 5.54. The van der Waals surface area contributed by atoms with Gasteiger partial charge in [0.2, 0.25) is 0 Å². The summed E-state index contributed by atoms with van der Waals surface area (Å²) in [5, 5.41) is 5.41. The summed E-state index contributed by atoms with van der Waals surface area (Å²) in [7, 11) is 0. The first kappa shape index (κ1) is 13.0. The van der Waals surface area contributed by atoms with Crippen LogP contribution in [0.5, 0.6) is 0 Å². The van der Waals surface area contributed by atoms with E-state index in [4.69, 9.17) is 5.84 Å². The van der Waals surface area contributed by atoms with E-state index in [1.54, 1.807) is 17.5 Å². The fourth-order valence-corrected chi connectivity index (χ4v) is 3.00. The molecule has 1 atom stereocenters.